The first kappa shape index (κ1) is 14.3. The maximum atomic E-state index is 12.8. The van der Waals surface area contributed by atoms with Gasteiger partial charge in [0.1, 0.15) is 5.76 Å². The summed E-state index contributed by atoms with van der Waals surface area (Å²) in [6.45, 7) is 4.90. The summed E-state index contributed by atoms with van der Waals surface area (Å²) in [5.41, 5.74) is 1.75. The van der Waals surface area contributed by atoms with Crippen molar-refractivity contribution < 1.29 is 9.21 Å². The number of carbonyl (C=O) groups is 1. The van der Waals surface area contributed by atoms with Gasteiger partial charge in [-0.2, -0.15) is 0 Å². The van der Waals surface area contributed by atoms with Crippen molar-refractivity contribution in [2.45, 2.75) is 45.6 Å². The number of likely N-dealkylation sites (tertiary alicyclic amines) is 1. The first-order valence-electron chi connectivity index (χ1n) is 7.50. The van der Waals surface area contributed by atoms with Crippen molar-refractivity contribution >= 4 is 17.2 Å². The Bertz CT molecular complexity index is 632. The summed E-state index contributed by atoms with van der Waals surface area (Å²) in [6.07, 6.45) is 5.44. The number of thiazole rings is 1. The zero-order valence-electron chi connectivity index (χ0n) is 12.5. The Balaban J connectivity index is 1.84. The number of aromatic nitrogens is 1. The van der Waals surface area contributed by atoms with Crippen molar-refractivity contribution in [3.8, 4) is 0 Å². The number of rotatable bonds is 4. The highest BCUT2D eigenvalue weighted by Gasteiger charge is 2.33. The molecule has 3 heterocycles. The Morgan fingerprint density at radius 1 is 1.57 bits per heavy atom. The van der Waals surface area contributed by atoms with E-state index >= 15 is 0 Å². The van der Waals surface area contributed by atoms with Gasteiger partial charge in [0.25, 0.3) is 5.91 Å². The van der Waals surface area contributed by atoms with Crippen LogP contribution < -0.4 is 0 Å². The Morgan fingerprint density at radius 2 is 2.43 bits per heavy atom. The number of hydrogen-bond acceptors (Lipinski definition) is 4. The summed E-state index contributed by atoms with van der Waals surface area (Å²) in [7, 11) is 0. The second kappa shape index (κ2) is 6.02. The maximum absolute atomic E-state index is 12.8. The molecule has 1 aliphatic heterocycles. The molecule has 1 unspecified atom stereocenters. The quantitative estimate of drug-likeness (QED) is 0.858. The monoisotopic (exact) mass is 304 g/mol. The van der Waals surface area contributed by atoms with Gasteiger partial charge in [0, 0.05) is 18.3 Å². The van der Waals surface area contributed by atoms with E-state index in [2.05, 4.69) is 17.3 Å². The minimum absolute atomic E-state index is 0.0837. The van der Waals surface area contributed by atoms with Gasteiger partial charge >= 0.3 is 0 Å². The molecule has 2 aromatic rings. The van der Waals surface area contributed by atoms with Crippen LogP contribution in [0.4, 0.5) is 0 Å². The maximum Gasteiger partial charge on any atom is 0.257 e. The normalized spacial score (nSPS) is 18.4. The summed E-state index contributed by atoms with van der Waals surface area (Å²) in [6, 6.07) is 1.92. The lowest BCUT2D eigenvalue weighted by molar-refractivity contribution is 0.0731. The number of amides is 1. The molecule has 0 N–H and O–H groups in total. The minimum Gasteiger partial charge on any atom is -0.469 e. The van der Waals surface area contributed by atoms with Gasteiger partial charge in [-0.25, -0.2) is 4.98 Å². The molecule has 0 bridgehead atoms. The van der Waals surface area contributed by atoms with Gasteiger partial charge in [0.2, 0.25) is 0 Å². The standard InChI is InChI=1S/C16H20N2O2S/c1-3-5-15-12(7-9-20-15)16(19)18-8-4-6-14(18)13-10-21-11(2)17-13/h7,9-10,14H,3-6,8H2,1-2H3. The second-order valence-corrected chi connectivity index (χ2v) is 6.52. The summed E-state index contributed by atoms with van der Waals surface area (Å²) in [5.74, 6) is 0.892. The van der Waals surface area contributed by atoms with Gasteiger partial charge in [-0.3, -0.25) is 4.79 Å². The van der Waals surface area contributed by atoms with E-state index in [0.717, 1.165) is 54.3 Å². The van der Waals surface area contributed by atoms with E-state index in [1.807, 2.05) is 11.8 Å². The van der Waals surface area contributed by atoms with Crippen LogP contribution in [0.5, 0.6) is 0 Å². The number of carbonyl (C=O) groups excluding carboxylic acids is 1. The largest absolute Gasteiger partial charge is 0.469 e. The topological polar surface area (TPSA) is 46.3 Å². The first-order chi connectivity index (χ1) is 10.2. The molecule has 1 fully saturated rings. The molecule has 0 aromatic carbocycles. The van der Waals surface area contributed by atoms with E-state index in [-0.39, 0.29) is 11.9 Å². The molecule has 1 atom stereocenters. The third-order valence-corrected chi connectivity index (χ3v) is 4.74. The van der Waals surface area contributed by atoms with Crippen molar-refractivity contribution in [1.29, 1.82) is 0 Å². The Morgan fingerprint density at radius 3 is 3.14 bits per heavy atom. The summed E-state index contributed by atoms with van der Waals surface area (Å²) >= 11 is 1.65. The average molecular weight is 304 g/mol. The van der Waals surface area contributed by atoms with Crippen LogP contribution >= 0.6 is 11.3 Å². The Hall–Kier alpha value is -1.62. The lowest BCUT2D eigenvalue weighted by atomic mass is 10.1. The first-order valence-corrected chi connectivity index (χ1v) is 8.38. The van der Waals surface area contributed by atoms with Crippen LogP contribution in [0.25, 0.3) is 0 Å². The number of aryl methyl sites for hydroxylation is 2. The predicted molar refractivity (Wildman–Crippen MR) is 82.6 cm³/mol. The molecule has 112 valence electrons. The van der Waals surface area contributed by atoms with Crippen molar-refractivity contribution in [1.82, 2.24) is 9.88 Å². The second-order valence-electron chi connectivity index (χ2n) is 5.46. The van der Waals surface area contributed by atoms with Crippen LogP contribution in [0.15, 0.2) is 22.1 Å². The molecule has 1 amide bonds. The summed E-state index contributed by atoms with van der Waals surface area (Å²) < 4.78 is 5.47. The molecular formula is C16H20N2O2S. The fourth-order valence-electron chi connectivity index (χ4n) is 2.96. The van der Waals surface area contributed by atoms with Crippen molar-refractivity contribution in [3.05, 3.63) is 39.7 Å². The fourth-order valence-corrected chi connectivity index (χ4v) is 3.62. The number of hydrogen-bond donors (Lipinski definition) is 0. The van der Waals surface area contributed by atoms with E-state index in [9.17, 15) is 4.79 Å². The lowest BCUT2D eigenvalue weighted by Gasteiger charge is -2.23. The van der Waals surface area contributed by atoms with E-state index in [1.165, 1.54) is 0 Å². The highest BCUT2D eigenvalue weighted by atomic mass is 32.1. The third kappa shape index (κ3) is 2.75. The van der Waals surface area contributed by atoms with Crippen molar-refractivity contribution in [3.63, 3.8) is 0 Å². The molecule has 2 aromatic heterocycles. The van der Waals surface area contributed by atoms with Crippen LogP contribution in [-0.4, -0.2) is 22.3 Å². The van der Waals surface area contributed by atoms with Crippen LogP contribution in [-0.2, 0) is 6.42 Å². The minimum atomic E-state index is 0.0837. The molecule has 21 heavy (non-hydrogen) atoms. The van der Waals surface area contributed by atoms with Gasteiger partial charge in [0.15, 0.2) is 0 Å². The number of furan rings is 1. The van der Waals surface area contributed by atoms with Crippen LogP contribution in [0.3, 0.4) is 0 Å². The molecule has 0 saturated carbocycles. The lowest BCUT2D eigenvalue weighted by Crippen LogP contribution is -2.31. The summed E-state index contributed by atoms with van der Waals surface area (Å²) in [4.78, 5) is 19.4. The summed E-state index contributed by atoms with van der Waals surface area (Å²) in [5, 5.41) is 3.13. The Kier molecular flexibility index (Phi) is 4.10. The molecule has 1 saturated heterocycles. The van der Waals surface area contributed by atoms with E-state index < -0.39 is 0 Å². The Labute approximate surface area is 128 Å². The third-order valence-electron chi connectivity index (χ3n) is 3.94. The molecular weight excluding hydrogens is 284 g/mol. The van der Waals surface area contributed by atoms with E-state index in [0.29, 0.717) is 0 Å². The van der Waals surface area contributed by atoms with Crippen LogP contribution in [0, 0.1) is 6.92 Å². The zero-order valence-corrected chi connectivity index (χ0v) is 13.3. The van der Waals surface area contributed by atoms with Crippen molar-refractivity contribution in [2.75, 3.05) is 6.54 Å². The molecule has 1 aliphatic rings. The SMILES string of the molecule is CCCc1occc1C(=O)N1CCCC1c1csc(C)n1. The van der Waals surface area contributed by atoms with Crippen molar-refractivity contribution in [2.24, 2.45) is 0 Å². The van der Waals surface area contributed by atoms with Gasteiger partial charge in [0.05, 0.1) is 28.6 Å². The fraction of sp³-hybridized carbons (Fsp3) is 0.500. The van der Waals surface area contributed by atoms with E-state index in [4.69, 9.17) is 4.42 Å². The average Bonchev–Trinajstić information content (AvgIpc) is 3.17. The van der Waals surface area contributed by atoms with Gasteiger partial charge in [-0.15, -0.1) is 11.3 Å². The highest BCUT2D eigenvalue weighted by molar-refractivity contribution is 7.09. The molecule has 5 heteroatoms. The molecule has 3 rings (SSSR count). The zero-order chi connectivity index (χ0) is 14.8. The molecule has 0 radical (unpaired) electrons. The van der Waals surface area contributed by atoms with Crippen LogP contribution in [0.2, 0.25) is 0 Å². The van der Waals surface area contributed by atoms with E-state index in [1.54, 1.807) is 23.7 Å². The number of nitrogens with zero attached hydrogens (tertiary/aromatic N) is 2. The van der Waals surface area contributed by atoms with Crippen LogP contribution in [0.1, 0.15) is 59.0 Å². The highest BCUT2D eigenvalue weighted by Crippen LogP contribution is 2.34. The van der Waals surface area contributed by atoms with Gasteiger partial charge < -0.3 is 9.32 Å². The predicted octanol–water partition coefficient (Wildman–Crippen LogP) is 3.97. The van der Waals surface area contributed by atoms with Gasteiger partial charge in [-0.05, 0) is 32.3 Å². The molecule has 0 spiro atoms. The molecule has 4 nitrogen and oxygen atoms in total. The smallest absolute Gasteiger partial charge is 0.257 e. The molecule has 0 aliphatic carbocycles. The van der Waals surface area contributed by atoms with Gasteiger partial charge in [-0.1, -0.05) is 6.92 Å².